The topological polar surface area (TPSA) is 115 Å². The third-order valence-electron chi connectivity index (χ3n) is 7.02. The van der Waals surface area contributed by atoms with Crippen molar-refractivity contribution in [1.29, 1.82) is 5.26 Å². The number of ether oxygens (including phenoxy) is 1. The molecule has 1 saturated heterocycles. The maximum Gasteiger partial charge on any atom is 0.254 e. The van der Waals surface area contributed by atoms with E-state index in [-0.39, 0.29) is 22.6 Å². The number of anilines is 2. The highest BCUT2D eigenvalue weighted by Gasteiger charge is 2.42. The maximum atomic E-state index is 12.2. The summed E-state index contributed by atoms with van der Waals surface area (Å²) in [4.78, 5) is 12.2. The Kier molecular flexibility index (Phi) is 7.87. The number of hydrogen-bond acceptors (Lipinski definition) is 6. The number of halogens is 1. The monoisotopic (exact) mass is 561 g/mol. The molecule has 0 saturated carbocycles. The maximum absolute atomic E-state index is 12.2. The molecule has 2 heterocycles. The van der Waals surface area contributed by atoms with Gasteiger partial charge in [-0.1, -0.05) is 36.7 Å². The van der Waals surface area contributed by atoms with Gasteiger partial charge in [-0.3, -0.25) is 9.48 Å². The summed E-state index contributed by atoms with van der Waals surface area (Å²) in [7, 11) is -2.04. The summed E-state index contributed by atoms with van der Waals surface area (Å²) in [6, 6.07) is 7.91. The highest BCUT2D eigenvalue weighted by Crippen LogP contribution is 2.43. The van der Waals surface area contributed by atoms with E-state index in [9.17, 15) is 10.1 Å². The van der Waals surface area contributed by atoms with Crippen LogP contribution in [0, 0.1) is 17.2 Å². The molecule has 0 unspecified atom stereocenters. The number of primary amides is 1. The van der Waals surface area contributed by atoms with E-state index in [4.69, 9.17) is 14.9 Å². The number of rotatable bonds is 7. The van der Waals surface area contributed by atoms with Crippen molar-refractivity contribution in [2.45, 2.75) is 70.8 Å². The van der Waals surface area contributed by atoms with E-state index in [1.54, 1.807) is 10.9 Å². The van der Waals surface area contributed by atoms with Crippen molar-refractivity contribution in [2.75, 3.05) is 18.5 Å². The third kappa shape index (κ3) is 5.97. The van der Waals surface area contributed by atoms with Crippen LogP contribution in [0.4, 0.5) is 11.5 Å². The Balaban J connectivity index is 1.94. The SMILES string of the molecule is CC(C)(O[Si](C)(C)C(C)(C)C)c1cc(Nc2nn([C@H]3COCC[C@@H]3C#N)cc2C(N)=O)ccc1Br. The smallest absolute Gasteiger partial charge is 0.254 e. The lowest BCUT2D eigenvalue weighted by Crippen LogP contribution is -2.46. The number of carbonyl (C=O) groups is 1. The first-order chi connectivity index (χ1) is 16.2. The van der Waals surface area contributed by atoms with Crippen LogP contribution in [0.15, 0.2) is 28.9 Å². The molecule has 1 aliphatic heterocycles. The molecule has 1 aromatic carbocycles. The fourth-order valence-electron chi connectivity index (χ4n) is 4.02. The third-order valence-corrected chi connectivity index (χ3v) is 12.3. The zero-order valence-corrected chi connectivity index (χ0v) is 24.2. The Bertz CT molecular complexity index is 1130. The highest BCUT2D eigenvalue weighted by molar-refractivity contribution is 9.10. The van der Waals surface area contributed by atoms with E-state index in [1.165, 1.54) is 0 Å². The van der Waals surface area contributed by atoms with Gasteiger partial charge in [0.1, 0.15) is 5.56 Å². The van der Waals surface area contributed by atoms with Crippen LogP contribution in [0.3, 0.4) is 0 Å². The summed E-state index contributed by atoms with van der Waals surface area (Å²) in [5, 5.41) is 17.5. The fourth-order valence-corrected chi connectivity index (χ4v) is 6.43. The van der Waals surface area contributed by atoms with E-state index in [0.717, 1.165) is 15.7 Å². The first-order valence-corrected chi connectivity index (χ1v) is 15.5. The van der Waals surface area contributed by atoms with E-state index in [0.29, 0.717) is 25.5 Å². The van der Waals surface area contributed by atoms with Crippen molar-refractivity contribution >= 4 is 41.7 Å². The number of aromatic nitrogens is 2. The van der Waals surface area contributed by atoms with Gasteiger partial charge in [0.25, 0.3) is 5.91 Å². The van der Waals surface area contributed by atoms with Crippen LogP contribution in [0.5, 0.6) is 0 Å². The number of nitrogens with two attached hydrogens (primary N) is 1. The summed E-state index contributed by atoms with van der Waals surface area (Å²) in [5.41, 5.74) is 7.10. The van der Waals surface area contributed by atoms with Crippen LogP contribution < -0.4 is 11.1 Å². The number of carbonyl (C=O) groups excluding carboxylic acids is 1. The molecule has 35 heavy (non-hydrogen) atoms. The lowest BCUT2D eigenvalue weighted by Gasteiger charge is -2.43. The van der Waals surface area contributed by atoms with Gasteiger partial charge in [-0.15, -0.1) is 0 Å². The number of nitriles is 1. The van der Waals surface area contributed by atoms with E-state index in [1.807, 2.05) is 18.2 Å². The van der Waals surface area contributed by atoms with Crippen molar-refractivity contribution in [2.24, 2.45) is 11.7 Å². The molecular formula is C25H36BrN5O3Si. The van der Waals surface area contributed by atoms with Crippen molar-refractivity contribution in [3.63, 3.8) is 0 Å². The van der Waals surface area contributed by atoms with Gasteiger partial charge in [-0.05, 0) is 62.2 Å². The summed E-state index contributed by atoms with van der Waals surface area (Å²) >= 11 is 3.69. The van der Waals surface area contributed by atoms with Gasteiger partial charge < -0.3 is 20.2 Å². The Morgan fingerprint density at radius 1 is 1.34 bits per heavy atom. The van der Waals surface area contributed by atoms with Crippen molar-refractivity contribution < 1.29 is 14.0 Å². The Hall–Kier alpha value is -2.19. The second-order valence-electron chi connectivity index (χ2n) is 11.1. The van der Waals surface area contributed by atoms with Gasteiger partial charge in [0, 0.05) is 23.0 Å². The van der Waals surface area contributed by atoms with Crippen LogP contribution in [0.25, 0.3) is 0 Å². The van der Waals surface area contributed by atoms with Gasteiger partial charge in [-0.25, -0.2) is 0 Å². The Morgan fingerprint density at radius 2 is 2.03 bits per heavy atom. The first-order valence-electron chi connectivity index (χ1n) is 11.8. The molecule has 190 valence electrons. The van der Waals surface area contributed by atoms with Gasteiger partial charge in [0.15, 0.2) is 14.1 Å². The van der Waals surface area contributed by atoms with Crippen LogP contribution in [-0.2, 0) is 14.8 Å². The van der Waals surface area contributed by atoms with Crippen LogP contribution >= 0.6 is 15.9 Å². The molecule has 1 aliphatic rings. The van der Waals surface area contributed by atoms with Gasteiger partial charge in [-0.2, -0.15) is 10.4 Å². The van der Waals surface area contributed by atoms with Crippen LogP contribution in [-0.4, -0.2) is 37.2 Å². The normalized spacial score (nSPS) is 19.3. The molecule has 1 fully saturated rings. The van der Waals surface area contributed by atoms with E-state index < -0.39 is 19.8 Å². The lowest BCUT2D eigenvalue weighted by molar-refractivity contribution is 0.0342. The number of nitrogens with one attached hydrogen (secondary N) is 1. The Labute approximate surface area is 217 Å². The van der Waals surface area contributed by atoms with Gasteiger partial charge >= 0.3 is 0 Å². The molecule has 0 aliphatic carbocycles. The molecule has 8 nitrogen and oxygen atoms in total. The fraction of sp³-hybridized carbons (Fsp3) is 0.560. The minimum Gasteiger partial charge on any atom is -0.408 e. The quantitative estimate of drug-likeness (QED) is 0.410. The average molecular weight is 563 g/mol. The average Bonchev–Trinajstić information content (AvgIpc) is 3.17. The van der Waals surface area contributed by atoms with Crippen molar-refractivity contribution in [1.82, 2.24) is 9.78 Å². The summed E-state index contributed by atoms with van der Waals surface area (Å²) in [6.07, 6.45) is 2.22. The predicted octanol–water partition coefficient (Wildman–Crippen LogP) is 5.85. The highest BCUT2D eigenvalue weighted by atomic mass is 79.9. The summed E-state index contributed by atoms with van der Waals surface area (Å²) in [6.45, 7) is 16.2. The standard InChI is InChI=1S/C25H36BrN5O3Si/c1-24(2,3)35(6,7)34-25(4,5)19-12-17(8-9-20(19)26)29-23-18(22(28)32)14-31(30-23)21-15-33-11-10-16(21)13-27/h8-9,12,14,16,21H,10-11,15H2,1-7H3,(H2,28,32)(H,29,30)/t16-,21+/m1/s1. The minimum atomic E-state index is -2.04. The zero-order valence-electron chi connectivity index (χ0n) is 21.6. The molecule has 0 radical (unpaired) electrons. The molecule has 3 N–H and O–H groups in total. The van der Waals surface area contributed by atoms with E-state index in [2.05, 4.69) is 80.1 Å². The number of benzene rings is 1. The molecule has 3 rings (SSSR count). The molecular weight excluding hydrogens is 526 g/mol. The molecule has 10 heteroatoms. The number of nitrogens with zero attached hydrogens (tertiary/aromatic N) is 3. The molecule has 2 atom stereocenters. The van der Waals surface area contributed by atoms with Crippen molar-refractivity contribution in [3.05, 3.63) is 40.0 Å². The molecule has 0 bridgehead atoms. The molecule has 1 aromatic heterocycles. The lowest BCUT2D eigenvalue weighted by atomic mass is 9.97. The van der Waals surface area contributed by atoms with E-state index >= 15 is 0 Å². The Morgan fingerprint density at radius 3 is 2.63 bits per heavy atom. The second kappa shape index (κ2) is 10.0. The summed E-state index contributed by atoms with van der Waals surface area (Å²) < 4.78 is 14.9. The van der Waals surface area contributed by atoms with Crippen LogP contribution in [0.2, 0.25) is 18.1 Å². The number of amides is 1. The first kappa shape index (κ1) is 27.4. The van der Waals surface area contributed by atoms with Crippen molar-refractivity contribution in [3.8, 4) is 6.07 Å². The second-order valence-corrected chi connectivity index (χ2v) is 16.7. The predicted molar refractivity (Wildman–Crippen MR) is 143 cm³/mol. The number of hydrogen-bond donors (Lipinski definition) is 2. The van der Waals surface area contributed by atoms with Gasteiger partial charge in [0.2, 0.25) is 0 Å². The summed E-state index contributed by atoms with van der Waals surface area (Å²) in [5.74, 6) is -0.496. The minimum absolute atomic E-state index is 0.0694. The molecule has 0 spiro atoms. The largest absolute Gasteiger partial charge is 0.408 e. The van der Waals surface area contributed by atoms with Crippen LogP contribution in [0.1, 0.15) is 63.0 Å². The zero-order chi connectivity index (χ0) is 26.2. The molecule has 2 aromatic rings. The van der Waals surface area contributed by atoms with Gasteiger partial charge in [0.05, 0.1) is 30.2 Å². The molecule has 1 amide bonds.